The van der Waals surface area contributed by atoms with E-state index in [2.05, 4.69) is 31.5 Å². The number of thiazole rings is 1. The summed E-state index contributed by atoms with van der Waals surface area (Å²) in [6.07, 6.45) is 9.69. The quantitative estimate of drug-likeness (QED) is 0.724. The number of pyridine rings is 1. The van der Waals surface area contributed by atoms with Crippen molar-refractivity contribution in [2.75, 3.05) is 0 Å². The van der Waals surface area contributed by atoms with Crippen LogP contribution in [0.2, 0.25) is 0 Å². The second-order valence-corrected chi connectivity index (χ2v) is 5.62. The van der Waals surface area contributed by atoms with Gasteiger partial charge in [0.25, 0.3) is 0 Å². The van der Waals surface area contributed by atoms with Crippen molar-refractivity contribution in [1.82, 2.24) is 19.9 Å². The molecule has 0 aliphatic carbocycles. The van der Waals surface area contributed by atoms with E-state index in [1.165, 1.54) is 23.7 Å². The molecule has 118 valence electrons. The summed E-state index contributed by atoms with van der Waals surface area (Å²) >= 11 is 1.48. The molecule has 3 rings (SSSR count). The molecule has 3 aromatic rings. The summed E-state index contributed by atoms with van der Waals surface area (Å²) in [6, 6.07) is 7.50. The van der Waals surface area contributed by atoms with Crippen LogP contribution in [0.3, 0.4) is 0 Å². The van der Waals surface area contributed by atoms with E-state index >= 15 is 0 Å². The molecule has 6 nitrogen and oxygen atoms in total. The summed E-state index contributed by atoms with van der Waals surface area (Å²) in [5.41, 5.74) is 7.89. The van der Waals surface area contributed by atoms with Crippen LogP contribution >= 0.6 is 11.3 Å². The number of nitrogens with zero attached hydrogens (tertiary/aromatic N) is 5. The van der Waals surface area contributed by atoms with Gasteiger partial charge in [-0.2, -0.15) is 0 Å². The average Bonchev–Trinajstić information content (AvgIpc) is 3.13. The lowest BCUT2D eigenvalue weighted by Crippen LogP contribution is -1.91. The summed E-state index contributed by atoms with van der Waals surface area (Å²) in [5, 5.41) is 0.765. The first-order chi connectivity index (χ1) is 11.8. The minimum Gasteiger partial charge on any atom is -0.404 e. The zero-order valence-corrected chi connectivity index (χ0v) is 13.5. The van der Waals surface area contributed by atoms with Crippen molar-refractivity contribution in [3.63, 3.8) is 0 Å². The average molecular weight is 334 g/mol. The summed E-state index contributed by atoms with van der Waals surface area (Å²) in [6.45, 7) is 3.55. The second kappa shape index (κ2) is 7.38. The number of rotatable bonds is 5. The molecule has 24 heavy (non-hydrogen) atoms. The van der Waals surface area contributed by atoms with Crippen LogP contribution in [0.5, 0.6) is 0 Å². The van der Waals surface area contributed by atoms with E-state index in [1.807, 2.05) is 18.2 Å². The predicted molar refractivity (Wildman–Crippen MR) is 97.2 cm³/mol. The van der Waals surface area contributed by atoms with Gasteiger partial charge in [-0.05, 0) is 18.2 Å². The topological polar surface area (TPSA) is 89.9 Å². The zero-order valence-electron chi connectivity index (χ0n) is 12.7. The van der Waals surface area contributed by atoms with Crippen molar-refractivity contribution in [1.29, 1.82) is 0 Å². The SMILES string of the molecule is C=CN=C/C(=C\N)c1ncc(-c2cccc(-c3ncccn3)n2)s1. The minimum atomic E-state index is 0.588. The molecule has 0 atom stereocenters. The predicted octanol–water partition coefficient (Wildman–Crippen LogP) is 3.18. The van der Waals surface area contributed by atoms with Crippen molar-refractivity contribution in [3.05, 3.63) is 66.8 Å². The van der Waals surface area contributed by atoms with Crippen LogP contribution in [0.15, 0.2) is 66.8 Å². The van der Waals surface area contributed by atoms with Crippen molar-refractivity contribution in [3.8, 4) is 22.1 Å². The number of nitrogens with two attached hydrogens (primary N) is 1. The van der Waals surface area contributed by atoms with E-state index < -0.39 is 0 Å². The third kappa shape index (κ3) is 3.41. The van der Waals surface area contributed by atoms with Gasteiger partial charge in [0.15, 0.2) is 5.82 Å². The van der Waals surface area contributed by atoms with Crippen LogP contribution in [0.1, 0.15) is 5.01 Å². The monoisotopic (exact) mass is 334 g/mol. The third-order valence-corrected chi connectivity index (χ3v) is 4.12. The molecule has 3 aromatic heterocycles. The number of hydrogen-bond donors (Lipinski definition) is 1. The van der Waals surface area contributed by atoms with E-state index in [-0.39, 0.29) is 0 Å². The van der Waals surface area contributed by atoms with Crippen LogP contribution in [0.4, 0.5) is 0 Å². The van der Waals surface area contributed by atoms with Gasteiger partial charge in [0, 0.05) is 42.8 Å². The minimum absolute atomic E-state index is 0.588. The van der Waals surface area contributed by atoms with Gasteiger partial charge in [0.2, 0.25) is 0 Å². The van der Waals surface area contributed by atoms with Crippen LogP contribution < -0.4 is 5.73 Å². The molecular formula is C17H14N6S. The van der Waals surface area contributed by atoms with E-state index in [9.17, 15) is 0 Å². The van der Waals surface area contributed by atoms with Crippen molar-refractivity contribution in [2.45, 2.75) is 0 Å². The van der Waals surface area contributed by atoms with Gasteiger partial charge >= 0.3 is 0 Å². The smallest absolute Gasteiger partial charge is 0.178 e. The van der Waals surface area contributed by atoms with Gasteiger partial charge in [0.1, 0.15) is 10.7 Å². The Balaban J connectivity index is 1.93. The van der Waals surface area contributed by atoms with Crippen molar-refractivity contribution >= 4 is 23.1 Å². The van der Waals surface area contributed by atoms with Crippen LogP contribution in [-0.4, -0.2) is 26.2 Å². The van der Waals surface area contributed by atoms with Crippen LogP contribution in [0.25, 0.3) is 27.7 Å². The number of aliphatic imine (C=N–C) groups is 1. The molecule has 3 heterocycles. The van der Waals surface area contributed by atoms with E-state index in [0.29, 0.717) is 11.5 Å². The Morgan fingerprint density at radius 2 is 1.92 bits per heavy atom. The number of hydrogen-bond acceptors (Lipinski definition) is 7. The highest BCUT2D eigenvalue weighted by Gasteiger charge is 2.10. The largest absolute Gasteiger partial charge is 0.404 e. The van der Waals surface area contributed by atoms with Gasteiger partial charge in [-0.15, -0.1) is 11.3 Å². The third-order valence-electron chi connectivity index (χ3n) is 3.05. The van der Waals surface area contributed by atoms with Crippen molar-refractivity contribution in [2.24, 2.45) is 10.7 Å². The Kier molecular flexibility index (Phi) is 4.83. The first-order valence-electron chi connectivity index (χ1n) is 7.09. The Morgan fingerprint density at radius 3 is 2.67 bits per heavy atom. The molecule has 7 heteroatoms. The number of aromatic nitrogens is 4. The lowest BCUT2D eigenvalue weighted by atomic mass is 10.2. The molecule has 0 unspecified atom stereocenters. The highest BCUT2D eigenvalue weighted by atomic mass is 32.1. The molecule has 0 aliphatic rings. The second-order valence-electron chi connectivity index (χ2n) is 4.59. The fourth-order valence-corrected chi connectivity index (χ4v) is 2.83. The standard InChI is InChI=1S/C17H14N6S/c1-2-19-10-12(9-18)17-22-11-15(24-17)13-5-3-6-14(23-13)16-20-7-4-8-21-16/h2-11H,1,18H2/b12-9+,19-10?. The molecule has 0 amide bonds. The molecule has 0 saturated carbocycles. The molecular weight excluding hydrogens is 320 g/mol. The van der Waals surface area contributed by atoms with E-state index in [4.69, 9.17) is 5.73 Å². The highest BCUT2D eigenvalue weighted by Crippen LogP contribution is 2.28. The highest BCUT2D eigenvalue weighted by molar-refractivity contribution is 7.16. The van der Waals surface area contributed by atoms with E-state index in [0.717, 1.165) is 21.2 Å². The van der Waals surface area contributed by atoms with Crippen LogP contribution in [0, 0.1) is 0 Å². The number of allylic oxidation sites excluding steroid dienone is 1. The first-order valence-corrected chi connectivity index (χ1v) is 7.90. The normalized spacial score (nSPS) is 11.8. The van der Waals surface area contributed by atoms with Gasteiger partial charge < -0.3 is 5.73 Å². The van der Waals surface area contributed by atoms with Gasteiger partial charge in [-0.3, -0.25) is 4.99 Å². The molecule has 0 saturated heterocycles. The molecule has 0 radical (unpaired) electrons. The Hall–Kier alpha value is -3.19. The first kappa shape index (κ1) is 15.7. The maximum atomic E-state index is 5.64. The summed E-state index contributed by atoms with van der Waals surface area (Å²) in [7, 11) is 0. The molecule has 0 aliphatic heterocycles. The fraction of sp³-hybridized carbons (Fsp3) is 0. The van der Waals surface area contributed by atoms with Gasteiger partial charge in [-0.1, -0.05) is 12.6 Å². The Bertz CT molecular complexity index is 898. The van der Waals surface area contributed by atoms with E-state index in [1.54, 1.807) is 30.9 Å². The molecule has 0 aromatic carbocycles. The van der Waals surface area contributed by atoms with Gasteiger partial charge in [-0.25, -0.2) is 19.9 Å². The zero-order chi connectivity index (χ0) is 16.8. The maximum absolute atomic E-state index is 5.64. The van der Waals surface area contributed by atoms with Crippen molar-refractivity contribution < 1.29 is 0 Å². The summed E-state index contributed by atoms with van der Waals surface area (Å²) in [4.78, 5) is 22.4. The fourth-order valence-electron chi connectivity index (χ4n) is 1.96. The molecule has 0 fully saturated rings. The molecule has 2 N–H and O–H groups in total. The summed E-state index contributed by atoms with van der Waals surface area (Å²) in [5.74, 6) is 0.588. The lowest BCUT2D eigenvalue weighted by Gasteiger charge is -2.01. The van der Waals surface area contributed by atoms with Gasteiger partial charge in [0.05, 0.1) is 10.6 Å². The maximum Gasteiger partial charge on any atom is 0.178 e. The summed E-state index contributed by atoms with van der Waals surface area (Å²) < 4.78 is 0. The Morgan fingerprint density at radius 1 is 1.12 bits per heavy atom. The lowest BCUT2D eigenvalue weighted by molar-refractivity contribution is 1.14. The molecule has 0 spiro atoms. The molecule has 0 bridgehead atoms. The Labute approximate surface area is 143 Å². The van der Waals surface area contributed by atoms with Crippen LogP contribution in [-0.2, 0) is 0 Å².